The highest BCUT2D eigenvalue weighted by Gasteiger charge is 2.23. The molecule has 1 saturated carbocycles. The van der Waals surface area contributed by atoms with Crippen molar-refractivity contribution in [3.8, 4) is 0 Å². The number of imidazole rings is 1. The fraction of sp³-hybridized carbons (Fsp3) is 0.586. The van der Waals surface area contributed by atoms with Crippen molar-refractivity contribution in [2.75, 3.05) is 39.3 Å². The first kappa shape index (κ1) is 23.5. The highest BCUT2D eigenvalue weighted by atomic mass is 15.3. The van der Waals surface area contributed by atoms with Crippen LogP contribution in [0.25, 0.3) is 11.2 Å². The molecule has 0 N–H and O–H groups in total. The summed E-state index contributed by atoms with van der Waals surface area (Å²) in [5.74, 6) is 2.12. The van der Waals surface area contributed by atoms with Crippen LogP contribution in [0.3, 0.4) is 0 Å². The quantitative estimate of drug-likeness (QED) is 0.451. The maximum atomic E-state index is 4.86. The van der Waals surface area contributed by atoms with E-state index in [0.29, 0.717) is 0 Å². The molecule has 34 heavy (non-hydrogen) atoms. The third kappa shape index (κ3) is 5.36. The van der Waals surface area contributed by atoms with E-state index in [1.54, 1.807) is 0 Å². The van der Waals surface area contributed by atoms with Gasteiger partial charge in [0, 0.05) is 44.8 Å². The van der Waals surface area contributed by atoms with Crippen molar-refractivity contribution in [3.05, 3.63) is 58.5 Å². The van der Waals surface area contributed by atoms with Gasteiger partial charge in [-0.15, -0.1) is 0 Å². The Kier molecular flexibility index (Phi) is 7.31. The Morgan fingerprint density at radius 2 is 1.62 bits per heavy atom. The molecule has 5 rings (SSSR count). The Balaban J connectivity index is 1.12. The zero-order valence-corrected chi connectivity index (χ0v) is 21.4. The topological polar surface area (TPSA) is 37.2 Å². The van der Waals surface area contributed by atoms with Crippen molar-refractivity contribution in [2.45, 2.75) is 65.8 Å². The van der Waals surface area contributed by atoms with E-state index in [2.05, 4.69) is 65.5 Å². The summed E-state index contributed by atoms with van der Waals surface area (Å²) in [6, 6.07) is 11.4. The molecule has 2 fully saturated rings. The standard InChI is InChI=1S/C29H41N5/c1-4-28-31-27-19-22(2)23(3)30-29(27)34(28)21-26-12-10-24(11-13-26)9-6-14-32-15-17-33(18-16-32)20-25-7-5-8-25/h10-13,19,25H,4-9,14-18,20-21H2,1-3H3. The molecule has 0 unspecified atom stereocenters. The molecule has 3 heterocycles. The monoisotopic (exact) mass is 459 g/mol. The number of hydrogen-bond donors (Lipinski definition) is 0. The van der Waals surface area contributed by atoms with Gasteiger partial charge < -0.3 is 14.4 Å². The fourth-order valence-corrected chi connectivity index (χ4v) is 5.45. The van der Waals surface area contributed by atoms with Gasteiger partial charge in [0.05, 0.1) is 6.54 Å². The lowest BCUT2D eigenvalue weighted by atomic mass is 9.85. The zero-order chi connectivity index (χ0) is 23.5. The number of pyridine rings is 1. The number of fused-ring (bicyclic) bond motifs is 1. The molecule has 182 valence electrons. The summed E-state index contributed by atoms with van der Waals surface area (Å²) in [6.07, 6.45) is 7.72. The second-order valence-electron chi connectivity index (χ2n) is 10.6. The van der Waals surface area contributed by atoms with Crippen molar-refractivity contribution < 1.29 is 0 Å². The third-order valence-electron chi connectivity index (χ3n) is 8.07. The van der Waals surface area contributed by atoms with Gasteiger partial charge in [-0.25, -0.2) is 9.97 Å². The number of rotatable bonds is 9. The molecule has 0 bridgehead atoms. The maximum absolute atomic E-state index is 4.86. The summed E-state index contributed by atoms with van der Waals surface area (Å²) in [5.41, 5.74) is 7.09. The van der Waals surface area contributed by atoms with Crippen LogP contribution in [-0.2, 0) is 19.4 Å². The summed E-state index contributed by atoms with van der Waals surface area (Å²) >= 11 is 0. The molecular formula is C29H41N5. The van der Waals surface area contributed by atoms with E-state index in [0.717, 1.165) is 48.0 Å². The number of hydrogen-bond acceptors (Lipinski definition) is 4. The van der Waals surface area contributed by atoms with Crippen LogP contribution in [0.15, 0.2) is 30.3 Å². The van der Waals surface area contributed by atoms with Gasteiger partial charge in [0.15, 0.2) is 5.65 Å². The minimum atomic E-state index is 0.834. The average Bonchev–Trinajstić information content (AvgIpc) is 3.15. The summed E-state index contributed by atoms with van der Waals surface area (Å²) in [6.45, 7) is 14.8. The molecule has 1 aliphatic carbocycles. The number of benzene rings is 1. The molecule has 0 radical (unpaired) electrons. The van der Waals surface area contributed by atoms with Crippen LogP contribution in [0.4, 0.5) is 0 Å². The summed E-state index contributed by atoms with van der Waals surface area (Å²) in [5, 5.41) is 0. The van der Waals surface area contributed by atoms with E-state index in [4.69, 9.17) is 9.97 Å². The molecule has 0 amide bonds. The molecule has 2 aromatic heterocycles. The molecule has 1 aromatic carbocycles. The van der Waals surface area contributed by atoms with Crippen molar-refractivity contribution in [2.24, 2.45) is 5.92 Å². The lowest BCUT2D eigenvalue weighted by molar-refractivity contribution is 0.1000. The number of nitrogens with zero attached hydrogens (tertiary/aromatic N) is 5. The Morgan fingerprint density at radius 1 is 0.912 bits per heavy atom. The molecule has 1 aliphatic heterocycles. The van der Waals surface area contributed by atoms with Gasteiger partial charge in [0.1, 0.15) is 11.3 Å². The smallest absolute Gasteiger partial charge is 0.160 e. The van der Waals surface area contributed by atoms with Crippen LogP contribution in [0.1, 0.15) is 60.8 Å². The van der Waals surface area contributed by atoms with Crippen molar-refractivity contribution >= 4 is 11.2 Å². The van der Waals surface area contributed by atoms with Crippen molar-refractivity contribution in [1.29, 1.82) is 0 Å². The first-order chi connectivity index (χ1) is 16.6. The van der Waals surface area contributed by atoms with Gasteiger partial charge in [-0.1, -0.05) is 37.6 Å². The van der Waals surface area contributed by atoms with E-state index in [1.165, 1.54) is 81.6 Å². The first-order valence-electron chi connectivity index (χ1n) is 13.4. The number of aryl methyl sites for hydroxylation is 4. The Hall–Kier alpha value is -2.24. The lowest BCUT2D eigenvalue weighted by Crippen LogP contribution is -2.48. The van der Waals surface area contributed by atoms with Crippen molar-refractivity contribution in [3.63, 3.8) is 0 Å². The molecule has 5 nitrogen and oxygen atoms in total. The predicted octanol–water partition coefficient (Wildman–Crippen LogP) is 5.01. The van der Waals surface area contributed by atoms with Crippen LogP contribution in [0.2, 0.25) is 0 Å². The van der Waals surface area contributed by atoms with E-state index in [9.17, 15) is 0 Å². The minimum absolute atomic E-state index is 0.834. The van der Waals surface area contributed by atoms with Crippen LogP contribution in [0.5, 0.6) is 0 Å². The van der Waals surface area contributed by atoms with E-state index in [1.807, 2.05) is 0 Å². The zero-order valence-electron chi connectivity index (χ0n) is 21.4. The highest BCUT2D eigenvalue weighted by Crippen LogP contribution is 2.27. The Bertz CT molecular complexity index is 1090. The first-order valence-corrected chi connectivity index (χ1v) is 13.4. The highest BCUT2D eigenvalue weighted by molar-refractivity contribution is 5.73. The van der Waals surface area contributed by atoms with E-state index in [-0.39, 0.29) is 0 Å². The number of piperazine rings is 1. The third-order valence-corrected chi connectivity index (χ3v) is 8.07. The normalized spacial score (nSPS) is 18.0. The largest absolute Gasteiger partial charge is 0.308 e. The summed E-state index contributed by atoms with van der Waals surface area (Å²) < 4.78 is 2.29. The fourth-order valence-electron chi connectivity index (χ4n) is 5.45. The SMILES string of the molecule is CCc1nc2cc(C)c(C)nc2n1Cc1ccc(CCCN2CCN(CC3CCC3)CC2)cc1. The minimum Gasteiger partial charge on any atom is -0.308 e. The summed E-state index contributed by atoms with van der Waals surface area (Å²) in [7, 11) is 0. The van der Waals surface area contributed by atoms with Gasteiger partial charge in [-0.05, 0) is 74.8 Å². The van der Waals surface area contributed by atoms with E-state index >= 15 is 0 Å². The van der Waals surface area contributed by atoms with Crippen LogP contribution >= 0.6 is 0 Å². The van der Waals surface area contributed by atoms with Gasteiger partial charge in [-0.2, -0.15) is 0 Å². The second-order valence-corrected chi connectivity index (χ2v) is 10.6. The molecule has 5 heteroatoms. The number of aromatic nitrogens is 3. The van der Waals surface area contributed by atoms with Crippen LogP contribution < -0.4 is 0 Å². The molecular weight excluding hydrogens is 418 g/mol. The van der Waals surface area contributed by atoms with Gasteiger partial charge >= 0.3 is 0 Å². The van der Waals surface area contributed by atoms with Crippen molar-refractivity contribution in [1.82, 2.24) is 24.3 Å². The maximum Gasteiger partial charge on any atom is 0.160 e. The van der Waals surface area contributed by atoms with Crippen LogP contribution in [-0.4, -0.2) is 63.6 Å². The van der Waals surface area contributed by atoms with Gasteiger partial charge in [0.2, 0.25) is 0 Å². The Labute approximate surface area is 205 Å². The van der Waals surface area contributed by atoms with Gasteiger partial charge in [0.25, 0.3) is 0 Å². The Morgan fingerprint density at radius 3 is 2.29 bits per heavy atom. The molecule has 2 aliphatic rings. The summed E-state index contributed by atoms with van der Waals surface area (Å²) in [4.78, 5) is 15.1. The molecule has 3 aromatic rings. The van der Waals surface area contributed by atoms with Gasteiger partial charge in [-0.3, -0.25) is 0 Å². The average molecular weight is 460 g/mol. The van der Waals surface area contributed by atoms with E-state index < -0.39 is 0 Å². The second kappa shape index (κ2) is 10.6. The molecule has 0 spiro atoms. The lowest BCUT2D eigenvalue weighted by Gasteiger charge is -2.38. The van der Waals surface area contributed by atoms with Crippen LogP contribution in [0, 0.1) is 19.8 Å². The molecule has 1 saturated heterocycles. The molecule has 0 atom stereocenters. The predicted molar refractivity (Wildman–Crippen MR) is 140 cm³/mol.